The molecule has 116 valence electrons. The molecule has 1 heterocycles. The zero-order valence-electron chi connectivity index (χ0n) is 11.6. The molecule has 7 heteroatoms. The molecule has 0 aliphatic heterocycles. The third kappa shape index (κ3) is 2.89. The lowest BCUT2D eigenvalue weighted by atomic mass is 9.80. The number of pyridine rings is 1. The van der Waals surface area contributed by atoms with E-state index >= 15 is 0 Å². The molecular weight excluding hydrogens is 298 g/mol. The van der Waals surface area contributed by atoms with E-state index in [2.05, 4.69) is 17.1 Å². The van der Waals surface area contributed by atoms with E-state index in [1.54, 1.807) is 6.92 Å². The smallest absolute Gasteiger partial charge is 0.326 e. The molecule has 0 spiro atoms. The zero-order valence-corrected chi connectivity index (χ0v) is 11.6. The van der Waals surface area contributed by atoms with Crippen LogP contribution >= 0.6 is 0 Å². The molecule has 1 unspecified atom stereocenters. The molecule has 0 fully saturated rings. The topological polar surface area (TPSA) is 64.9 Å². The van der Waals surface area contributed by atoms with Crippen molar-refractivity contribution in [3.05, 3.63) is 65.2 Å². The highest BCUT2D eigenvalue weighted by Gasteiger charge is 2.37. The van der Waals surface area contributed by atoms with Crippen LogP contribution in [-0.2, 0) is 11.7 Å². The van der Waals surface area contributed by atoms with Crippen molar-refractivity contribution in [1.29, 1.82) is 0 Å². The van der Waals surface area contributed by atoms with Gasteiger partial charge in [0.2, 0.25) is 0 Å². The molecule has 0 saturated carbocycles. The van der Waals surface area contributed by atoms with Gasteiger partial charge in [0.1, 0.15) is 5.69 Å². The Bertz CT molecular complexity index is 635. The molecule has 2 aromatic rings. The fourth-order valence-corrected chi connectivity index (χ4v) is 2.08. The molecule has 2 rings (SSSR count). The van der Waals surface area contributed by atoms with Crippen LogP contribution in [0.1, 0.15) is 23.7 Å². The third-order valence-corrected chi connectivity index (χ3v) is 3.41. The first-order valence-corrected chi connectivity index (χ1v) is 6.34. The van der Waals surface area contributed by atoms with Crippen molar-refractivity contribution in [1.82, 2.24) is 4.98 Å². The Morgan fingerprint density at radius 3 is 2.23 bits per heavy atom. The molecule has 0 aliphatic rings. The number of hydrogen-bond acceptors (Lipinski definition) is 3. The van der Waals surface area contributed by atoms with Crippen molar-refractivity contribution in [2.24, 2.45) is 11.5 Å². The van der Waals surface area contributed by atoms with Crippen molar-refractivity contribution in [2.75, 3.05) is 0 Å². The number of alkyl halides is 3. The van der Waals surface area contributed by atoms with E-state index < -0.39 is 29.3 Å². The summed E-state index contributed by atoms with van der Waals surface area (Å²) >= 11 is 0. The number of aromatic nitrogens is 1. The first kappa shape index (κ1) is 16.2. The monoisotopic (exact) mass is 311 g/mol. The second kappa shape index (κ2) is 5.55. The van der Waals surface area contributed by atoms with Gasteiger partial charge in [0.25, 0.3) is 0 Å². The van der Waals surface area contributed by atoms with E-state index in [0.29, 0.717) is 5.56 Å². The van der Waals surface area contributed by atoms with Crippen LogP contribution in [0.15, 0.2) is 30.5 Å². The van der Waals surface area contributed by atoms with Crippen LogP contribution in [0.4, 0.5) is 17.6 Å². The molecule has 22 heavy (non-hydrogen) atoms. The number of nitrogens with zero attached hydrogens (tertiary/aromatic N) is 1. The van der Waals surface area contributed by atoms with Gasteiger partial charge in [0.15, 0.2) is 5.82 Å². The molecule has 2 atom stereocenters. The van der Waals surface area contributed by atoms with Crippen LogP contribution in [-0.4, -0.2) is 11.0 Å². The lowest BCUT2D eigenvalue weighted by molar-refractivity contribution is -0.141. The summed E-state index contributed by atoms with van der Waals surface area (Å²) in [5.74, 6) is -0.624. The lowest BCUT2D eigenvalue weighted by Crippen LogP contribution is -2.51. The SMILES string of the molecule is C[C@H](N)C(N)(c1c#cc(F)cc1)c1ccc(C(F)(F)F)nc1. The zero-order chi connectivity index (χ0) is 16.5. The molecular formula is C15H13F4N3. The molecule has 0 aliphatic carbocycles. The standard InChI is InChI=1S/C15H13F4N3/c1-9(20)14(21,10-2-5-12(16)6-3-10)11-4-7-13(22-8-11)15(17,18)19/h2,4-5,7-9H,20-21H2,1H3/t9-,14?/m0/s1. The molecule has 1 aromatic heterocycles. The Morgan fingerprint density at radius 2 is 1.82 bits per heavy atom. The minimum atomic E-state index is -4.54. The Labute approximate surface area is 125 Å². The first-order chi connectivity index (χ1) is 10.2. The molecule has 0 radical (unpaired) electrons. The second-order valence-electron chi connectivity index (χ2n) is 4.93. The fraction of sp³-hybridized carbons (Fsp3) is 0.267. The van der Waals surface area contributed by atoms with E-state index in [9.17, 15) is 17.6 Å². The van der Waals surface area contributed by atoms with Gasteiger partial charge < -0.3 is 11.5 Å². The van der Waals surface area contributed by atoms with Gasteiger partial charge in [-0.3, -0.25) is 4.98 Å². The van der Waals surface area contributed by atoms with Gasteiger partial charge in [0.05, 0.1) is 5.54 Å². The second-order valence-corrected chi connectivity index (χ2v) is 4.93. The maximum absolute atomic E-state index is 13.0. The van der Waals surface area contributed by atoms with Crippen LogP contribution in [0.25, 0.3) is 0 Å². The minimum Gasteiger partial charge on any atom is -0.326 e. The lowest BCUT2D eigenvalue weighted by Gasteiger charge is -2.33. The molecule has 3 nitrogen and oxygen atoms in total. The number of halogens is 4. The summed E-state index contributed by atoms with van der Waals surface area (Å²) < 4.78 is 50.7. The van der Waals surface area contributed by atoms with Crippen LogP contribution in [0.5, 0.6) is 0 Å². The largest absolute Gasteiger partial charge is 0.433 e. The van der Waals surface area contributed by atoms with Crippen LogP contribution < -0.4 is 11.5 Å². The third-order valence-electron chi connectivity index (χ3n) is 3.41. The fourth-order valence-electron chi connectivity index (χ4n) is 2.08. The van der Waals surface area contributed by atoms with Gasteiger partial charge in [-0.05, 0) is 36.8 Å². The quantitative estimate of drug-likeness (QED) is 0.856. The normalized spacial score (nSPS) is 15.8. The minimum absolute atomic E-state index is 0.270. The molecule has 0 bridgehead atoms. The van der Waals surface area contributed by atoms with Crippen molar-refractivity contribution >= 4 is 0 Å². The highest BCUT2D eigenvalue weighted by atomic mass is 19.4. The average Bonchev–Trinajstić information content (AvgIpc) is 2.46. The summed E-state index contributed by atoms with van der Waals surface area (Å²) in [5, 5.41) is 0. The van der Waals surface area contributed by atoms with Crippen molar-refractivity contribution in [3.8, 4) is 0 Å². The van der Waals surface area contributed by atoms with Crippen LogP contribution in [0.3, 0.4) is 0 Å². The van der Waals surface area contributed by atoms with Gasteiger partial charge in [-0.25, -0.2) is 0 Å². The Kier molecular flexibility index (Phi) is 4.09. The number of rotatable bonds is 3. The Morgan fingerprint density at radius 1 is 1.14 bits per heavy atom. The molecule has 0 saturated heterocycles. The number of nitrogens with two attached hydrogens (primary N) is 2. The predicted octanol–water partition coefficient (Wildman–Crippen LogP) is 2.39. The Hall–Kier alpha value is -2.17. The van der Waals surface area contributed by atoms with Gasteiger partial charge in [-0.1, -0.05) is 12.1 Å². The predicted molar refractivity (Wildman–Crippen MR) is 71.9 cm³/mol. The molecule has 1 aromatic carbocycles. The summed E-state index contributed by atoms with van der Waals surface area (Å²) in [5.41, 5.74) is 10.4. The summed E-state index contributed by atoms with van der Waals surface area (Å²) in [6, 6.07) is 8.64. The van der Waals surface area contributed by atoms with Crippen LogP contribution in [0, 0.1) is 17.9 Å². The summed E-state index contributed by atoms with van der Waals surface area (Å²) in [6.07, 6.45) is -3.52. The van der Waals surface area contributed by atoms with E-state index in [0.717, 1.165) is 18.3 Å². The van der Waals surface area contributed by atoms with Crippen molar-refractivity contribution in [2.45, 2.75) is 24.7 Å². The van der Waals surface area contributed by atoms with Crippen LogP contribution in [0.2, 0.25) is 0 Å². The highest BCUT2D eigenvalue weighted by molar-refractivity contribution is 5.37. The highest BCUT2D eigenvalue weighted by Crippen LogP contribution is 2.31. The van der Waals surface area contributed by atoms with E-state index in [1.165, 1.54) is 12.1 Å². The molecule has 0 amide bonds. The maximum Gasteiger partial charge on any atom is 0.433 e. The van der Waals surface area contributed by atoms with Gasteiger partial charge in [-0.15, -0.1) is 0 Å². The summed E-state index contributed by atoms with van der Waals surface area (Å²) in [4.78, 5) is 3.38. The number of hydrogen-bond donors (Lipinski definition) is 2. The van der Waals surface area contributed by atoms with Gasteiger partial charge in [0, 0.05) is 17.8 Å². The van der Waals surface area contributed by atoms with Crippen molar-refractivity contribution in [3.63, 3.8) is 0 Å². The Balaban J connectivity index is 2.50. The molecule has 4 N–H and O–H groups in total. The van der Waals surface area contributed by atoms with Crippen molar-refractivity contribution < 1.29 is 17.6 Å². The maximum atomic E-state index is 13.0. The van der Waals surface area contributed by atoms with E-state index in [1.807, 2.05) is 0 Å². The van der Waals surface area contributed by atoms with Gasteiger partial charge in [-0.2, -0.15) is 17.6 Å². The average molecular weight is 311 g/mol. The summed E-state index contributed by atoms with van der Waals surface area (Å²) in [6.45, 7) is 1.59. The van der Waals surface area contributed by atoms with E-state index in [-0.39, 0.29) is 5.56 Å². The first-order valence-electron chi connectivity index (χ1n) is 6.34. The van der Waals surface area contributed by atoms with E-state index in [4.69, 9.17) is 11.5 Å². The van der Waals surface area contributed by atoms with Gasteiger partial charge >= 0.3 is 6.18 Å². The summed E-state index contributed by atoms with van der Waals surface area (Å²) in [7, 11) is 0.